The first-order valence-corrected chi connectivity index (χ1v) is 10.6. The molecule has 1 N–H and O–H groups in total. The van der Waals surface area contributed by atoms with Gasteiger partial charge in [0.1, 0.15) is 0 Å². The van der Waals surface area contributed by atoms with E-state index in [1.807, 2.05) is 6.92 Å². The number of ether oxygens (including phenoxy) is 1. The molecule has 29 heavy (non-hydrogen) atoms. The topological polar surface area (TPSA) is 83.5 Å². The fourth-order valence-electron chi connectivity index (χ4n) is 3.49. The van der Waals surface area contributed by atoms with Gasteiger partial charge in [0.05, 0.1) is 28.8 Å². The number of rotatable bonds is 7. The first-order valence-electron chi connectivity index (χ1n) is 9.16. The van der Waals surface area contributed by atoms with Crippen LogP contribution in [-0.4, -0.2) is 22.1 Å². The van der Waals surface area contributed by atoms with E-state index in [4.69, 9.17) is 11.3 Å². The lowest BCUT2D eigenvalue weighted by Gasteiger charge is -2.15. The minimum atomic E-state index is -3.87. The van der Waals surface area contributed by atoms with E-state index >= 15 is 0 Å². The molecule has 0 spiro atoms. The van der Waals surface area contributed by atoms with Gasteiger partial charge in [0.15, 0.2) is 5.69 Å². The second kappa shape index (κ2) is 8.48. The number of fused-ring (bicyclic) bond motifs is 1. The average Bonchev–Trinajstić information content (AvgIpc) is 3.15. The Morgan fingerprint density at radius 1 is 1.31 bits per heavy atom. The maximum atomic E-state index is 13.0. The first-order chi connectivity index (χ1) is 13.9. The minimum Gasteiger partial charge on any atom is -0.385 e. The Kier molecular flexibility index (Phi) is 6.03. The first kappa shape index (κ1) is 20.6. The van der Waals surface area contributed by atoms with Gasteiger partial charge in [-0.15, -0.1) is 0 Å². The Morgan fingerprint density at radius 2 is 2.10 bits per heavy atom. The van der Waals surface area contributed by atoms with Crippen LogP contribution < -0.4 is 4.72 Å². The van der Waals surface area contributed by atoms with Gasteiger partial charge in [-0.3, -0.25) is 4.72 Å². The van der Waals surface area contributed by atoms with Gasteiger partial charge in [-0.25, -0.2) is 13.3 Å². The largest absolute Gasteiger partial charge is 0.385 e. The van der Waals surface area contributed by atoms with Crippen molar-refractivity contribution in [3.8, 4) is 6.07 Å². The summed E-state index contributed by atoms with van der Waals surface area (Å²) in [7, 11) is -2.25. The van der Waals surface area contributed by atoms with Gasteiger partial charge in [-0.05, 0) is 61.1 Å². The molecule has 0 amide bonds. The summed E-state index contributed by atoms with van der Waals surface area (Å²) in [4.78, 5) is 3.53. The predicted octanol–water partition coefficient (Wildman–Crippen LogP) is 4.39. The Balaban J connectivity index is 1.91. The van der Waals surface area contributed by atoms with E-state index in [1.165, 1.54) is 12.1 Å². The standard InChI is InChI=1S/C22H21N3O3S/c1-15-6-11-20(19-10-8-17(14-23)22(15)19)25-29(26,27)18-9-7-16(5-4-12-28-3)21(13-18)24-2/h6-9,11,13,25H,4-5,10,12H2,1,3H3. The third-order valence-corrected chi connectivity index (χ3v) is 6.31. The predicted molar refractivity (Wildman–Crippen MR) is 112 cm³/mol. The normalized spacial score (nSPS) is 12.6. The van der Waals surface area contributed by atoms with Gasteiger partial charge in [0, 0.05) is 19.3 Å². The zero-order valence-electron chi connectivity index (χ0n) is 16.3. The Morgan fingerprint density at radius 3 is 2.79 bits per heavy atom. The number of nitrogens with one attached hydrogen (secondary N) is 1. The van der Waals surface area contributed by atoms with Crippen LogP contribution in [0.15, 0.2) is 41.3 Å². The van der Waals surface area contributed by atoms with Crippen LogP contribution in [0.4, 0.5) is 11.4 Å². The maximum absolute atomic E-state index is 13.0. The molecule has 0 radical (unpaired) electrons. The number of hydrogen-bond donors (Lipinski definition) is 1. The molecule has 0 saturated carbocycles. The van der Waals surface area contributed by atoms with Crippen LogP contribution in [-0.2, 0) is 27.6 Å². The van der Waals surface area contributed by atoms with Crippen LogP contribution in [0.25, 0.3) is 10.4 Å². The summed E-state index contributed by atoms with van der Waals surface area (Å²) < 4.78 is 33.6. The highest BCUT2D eigenvalue weighted by Crippen LogP contribution is 2.36. The molecular formula is C22H21N3O3S. The van der Waals surface area contributed by atoms with Crippen molar-refractivity contribution in [2.45, 2.75) is 31.1 Å². The van der Waals surface area contributed by atoms with Gasteiger partial charge in [-0.1, -0.05) is 18.2 Å². The van der Waals surface area contributed by atoms with E-state index in [2.05, 4.69) is 15.6 Å². The van der Waals surface area contributed by atoms with E-state index in [1.54, 1.807) is 31.4 Å². The van der Waals surface area contributed by atoms with Crippen molar-refractivity contribution in [3.63, 3.8) is 0 Å². The SMILES string of the molecule is [C-]#[N+]c1cc(S(=O)(=O)Nc2ccc(C)c3c2CC=C3C#N)ccc1CCCOC. The number of nitrogens with zero attached hydrogens (tertiary/aromatic N) is 2. The molecule has 2 aromatic carbocycles. The van der Waals surface area contributed by atoms with Crippen molar-refractivity contribution in [2.75, 3.05) is 18.4 Å². The molecule has 2 aromatic rings. The zero-order valence-corrected chi connectivity index (χ0v) is 17.1. The monoisotopic (exact) mass is 407 g/mol. The minimum absolute atomic E-state index is 0.0415. The van der Waals surface area contributed by atoms with Crippen molar-refractivity contribution in [1.29, 1.82) is 5.26 Å². The molecule has 0 heterocycles. The number of aryl methyl sites for hydroxylation is 2. The lowest BCUT2D eigenvalue weighted by Crippen LogP contribution is -2.14. The van der Waals surface area contributed by atoms with Gasteiger partial charge in [0.2, 0.25) is 0 Å². The van der Waals surface area contributed by atoms with E-state index in [0.717, 1.165) is 28.7 Å². The van der Waals surface area contributed by atoms with Crippen molar-refractivity contribution in [2.24, 2.45) is 0 Å². The van der Waals surface area contributed by atoms with Gasteiger partial charge < -0.3 is 4.74 Å². The van der Waals surface area contributed by atoms with Crippen molar-refractivity contribution in [1.82, 2.24) is 0 Å². The second-order valence-electron chi connectivity index (χ2n) is 6.82. The summed E-state index contributed by atoms with van der Waals surface area (Å²) in [6.45, 7) is 9.88. The molecule has 0 aliphatic heterocycles. The van der Waals surface area contributed by atoms with Crippen LogP contribution in [0.3, 0.4) is 0 Å². The Labute approximate surface area is 171 Å². The Bertz CT molecular complexity index is 1170. The van der Waals surface area contributed by atoms with E-state index in [-0.39, 0.29) is 4.90 Å². The fraction of sp³-hybridized carbons (Fsp3) is 0.273. The van der Waals surface area contributed by atoms with E-state index < -0.39 is 10.0 Å². The Hall–Kier alpha value is -3.13. The summed E-state index contributed by atoms with van der Waals surface area (Å²) in [6, 6.07) is 10.3. The van der Waals surface area contributed by atoms with Crippen LogP contribution >= 0.6 is 0 Å². The molecule has 0 fully saturated rings. The molecule has 7 heteroatoms. The summed E-state index contributed by atoms with van der Waals surface area (Å²) in [5.41, 5.74) is 4.68. The summed E-state index contributed by atoms with van der Waals surface area (Å²) >= 11 is 0. The second-order valence-corrected chi connectivity index (χ2v) is 8.50. The number of anilines is 1. The maximum Gasteiger partial charge on any atom is 0.260 e. The van der Waals surface area contributed by atoms with E-state index in [9.17, 15) is 13.7 Å². The van der Waals surface area contributed by atoms with Gasteiger partial charge >= 0.3 is 0 Å². The molecule has 6 nitrogen and oxygen atoms in total. The third kappa shape index (κ3) is 4.17. The van der Waals surface area contributed by atoms with Crippen LogP contribution in [0.2, 0.25) is 0 Å². The zero-order chi connectivity index (χ0) is 21.0. The van der Waals surface area contributed by atoms with Gasteiger partial charge in [0.25, 0.3) is 10.0 Å². The number of benzene rings is 2. The average molecular weight is 407 g/mol. The molecule has 0 saturated heterocycles. The quantitative estimate of drug-likeness (QED) is 0.545. The molecule has 0 unspecified atom stereocenters. The molecular weight excluding hydrogens is 386 g/mol. The summed E-state index contributed by atoms with van der Waals surface area (Å²) in [6.07, 6.45) is 3.71. The van der Waals surface area contributed by atoms with Crippen molar-refractivity contribution >= 4 is 27.0 Å². The highest BCUT2D eigenvalue weighted by Gasteiger charge is 2.23. The number of hydrogen-bond acceptors (Lipinski definition) is 4. The lowest BCUT2D eigenvalue weighted by molar-refractivity contribution is 0.195. The number of sulfonamides is 1. The molecule has 0 aromatic heterocycles. The number of methoxy groups -OCH3 is 1. The van der Waals surface area contributed by atoms with Crippen LogP contribution in [0.1, 0.15) is 28.7 Å². The molecule has 3 rings (SSSR count). The van der Waals surface area contributed by atoms with Crippen LogP contribution in [0.5, 0.6) is 0 Å². The lowest BCUT2D eigenvalue weighted by atomic mass is 9.99. The highest BCUT2D eigenvalue weighted by atomic mass is 32.2. The number of nitriles is 1. The number of allylic oxidation sites excluding steroid dienone is 2. The van der Waals surface area contributed by atoms with Crippen LogP contribution in [0, 0.1) is 24.8 Å². The van der Waals surface area contributed by atoms with Crippen molar-refractivity contribution in [3.05, 3.63) is 70.1 Å². The highest BCUT2D eigenvalue weighted by molar-refractivity contribution is 7.92. The van der Waals surface area contributed by atoms with Gasteiger partial charge in [-0.2, -0.15) is 5.26 Å². The summed E-state index contributed by atoms with van der Waals surface area (Å²) in [5.74, 6) is 0. The fourth-order valence-corrected chi connectivity index (χ4v) is 4.60. The van der Waals surface area contributed by atoms with E-state index in [0.29, 0.717) is 36.4 Å². The molecule has 1 aliphatic rings. The summed E-state index contributed by atoms with van der Waals surface area (Å²) in [5, 5.41) is 9.31. The molecule has 0 atom stereocenters. The van der Waals surface area contributed by atoms with Crippen molar-refractivity contribution < 1.29 is 13.2 Å². The molecule has 148 valence electrons. The smallest absolute Gasteiger partial charge is 0.260 e. The third-order valence-electron chi connectivity index (χ3n) is 4.95. The molecule has 0 bridgehead atoms. The molecule has 1 aliphatic carbocycles.